The van der Waals surface area contributed by atoms with Crippen molar-refractivity contribution in [3.8, 4) is 0 Å². The van der Waals surface area contributed by atoms with Gasteiger partial charge in [0.2, 0.25) is 11.6 Å². The van der Waals surface area contributed by atoms with Crippen LogP contribution in [0, 0.1) is 0 Å². The molecule has 82 valence electrons. The number of ether oxygens (including phenoxy) is 1. The summed E-state index contributed by atoms with van der Waals surface area (Å²) in [7, 11) is 0. The largest absolute Gasteiger partial charge is 0.366 e. The topological polar surface area (TPSA) is 43.4 Å². The van der Waals surface area contributed by atoms with Gasteiger partial charge < -0.3 is 4.74 Å². The minimum Gasteiger partial charge on any atom is -0.366 e. The van der Waals surface area contributed by atoms with Crippen molar-refractivity contribution in [2.75, 3.05) is 0 Å². The van der Waals surface area contributed by atoms with E-state index >= 15 is 0 Å². The maximum absolute atomic E-state index is 11.8. The molecule has 0 saturated carbocycles. The minimum atomic E-state index is -0.544. The Morgan fingerprint density at radius 3 is 2.81 bits per heavy atom. The normalized spacial score (nSPS) is 32.4. The molecule has 1 aliphatic heterocycles. The van der Waals surface area contributed by atoms with E-state index in [1.165, 1.54) is 0 Å². The van der Waals surface area contributed by atoms with Crippen molar-refractivity contribution in [2.45, 2.75) is 31.5 Å². The van der Waals surface area contributed by atoms with E-state index in [2.05, 4.69) is 0 Å². The molecule has 1 aromatic rings. The van der Waals surface area contributed by atoms with Gasteiger partial charge >= 0.3 is 0 Å². The van der Waals surface area contributed by atoms with Crippen LogP contribution in [0.3, 0.4) is 0 Å². The quantitative estimate of drug-likeness (QED) is 0.620. The van der Waals surface area contributed by atoms with Crippen LogP contribution in [0.25, 0.3) is 0 Å². The van der Waals surface area contributed by atoms with Crippen molar-refractivity contribution in [3.63, 3.8) is 0 Å². The monoisotopic (exact) mass is 216 g/mol. The predicted octanol–water partition coefficient (Wildman–Crippen LogP) is 1.71. The van der Waals surface area contributed by atoms with E-state index in [4.69, 9.17) is 4.74 Å². The summed E-state index contributed by atoms with van der Waals surface area (Å²) in [4.78, 5) is 23.7. The summed E-state index contributed by atoms with van der Waals surface area (Å²) in [5, 5.41) is 0. The van der Waals surface area contributed by atoms with Gasteiger partial charge in [-0.05, 0) is 18.9 Å². The van der Waals surface area contributed by atoms with Gasteiger partial charge in [-0.15, -0.1) is 0 Å². The summed E-state index contributed by atoms with van der Waals surface area (Å²) in [5.74, 6) is -0.713. The van der Waals surface area contributed by atoms with Crippen LogP contribution in [-0.2, 0) is 9.53 Å². The van der Waals surface area contributed by atoms with Crippen LogP contribution in [0.15, 0.2) is 24.3 Å². The van der Waals surface area contributed by atoms with Crippen molar-refractivity contribution >= 4 is 11.6 Å². The average molecular weight is 216 g/mol. The lowest BCUT2D eigenvalue weighted by Crippen LogP contribution is -2.37. The number of ketones is 2. The second-order valence-electron chi connectivity index (χ2n) is 4.49. The lowest BCUT2D eigenvalue weighted by Gasteiger charge is -2.24. The molecule has 1 aromatic carbocycles. The Morgan fingerprint density at radius 2 is 2.00 bits per heavy atom. The summed E-state index contributed by atoms with van der Waals surface area (Å²) in [6, 6.07) is 7.36. The second kappa shape index (κ2) is 3.25. The van der Waals surface area contributed by atoms with E-state index in [0.29, 0.717) is 5.56 Å². The van der Waals surface area contributed by atoms with E-state index in [9.17, 15) is 9.59 Å². The molecule has 1 heterocycles. The number of rotatable bonds is 0. The van der Waals surface area contributed by atoms with Gasteiger partial charge in [-0.3, -0.25) is 9.59 Å². The number of carbonyl (C=O) groups is 2. The van der Waals surface area contributed by atoms with Crippen molar-refractivity contribution in [2.24, 2.45) is 0 Å². The van der Waals surface area contributed by atoms with E-state index in [1.54, 1.807) is 12.1 Å². The Balaban J connectivity index is 2.16. The third-order valence-electron chi connectivity index (χ3n) is 3.42. The fourth-order valence-electron chi connectivity index (χ4n) is 2.71. The zero-order chi connectivity index (χ0) is 11.3. The molecule has 0 bridgehead atoms. The molecular weight excluding hydrogens is 204 g/mol. The third-order valence-corrected chi connectivity index (χ3v) is 3.42. The molecule has 3 unspecified atom stereocenters. The second-order valence-corrected chi connectivity index (χ2v) is 4.49. The Kier molecular flexibility index (Phi) is 1.98. The highest BCUT2D eigenvalue weighted by atomic mass is 16.5. The average Bonchev–Trinajstić information content (AvgIpc) is 2.68. The third kappa shape index (κ3) is 1.18. The molecule has 0 aromatic heterocycles. The summed E-state index contributed by atoms with van der Waals surface area (Å²) in [6.07, 6.45) is 0.330. The molecule has 0 spiro atoms. The first-order valence-electron chi connectivity index (χ1n) is 5.51. The summed E-state index contributed by atoms with van der Waals surface area (Å²) >= 11 is 0. The fourth-order valence-corrected chi connectivity index (χ4v) is 2.71. The van der Waals surface area contributed by atoms with Crippen molar-refractivity contribution in [1.29, 1.82) is 0 Å². The molecule has 0 radical (unpaired) electrons. The van der Waals surface area contributed by atoms with Crippen molar-refractivity contribution in [1.82, 2.24) is 0 Å². The van der Waals surface area contributed by atoms with E-state index in [0.717, 1.165) is 12.0 Å². The molecule has 1 aliphatic carbocycles. The lowest BCUT2D eigenvalue weighted by molar-refractivity contribution is -0.126. The molecule has 0 amide bonds. The van der Waals surface area contributed by atoms with Crippen LogP contribution in [-0.4, -0.2) is 23.8 Å². The lowest BCUT2D eigenvalue weighted by atomic mass is 9.78. The molecular formula is C13H12O3. The summed E-state index contributed by atoms with van der Waals surface area (Å²) in [6.45, 7) is 1.94. The Labute approximate surface area is 93.4 Å². The molecule has 16 heavy (non-hydrogen) atoms. The highest BCUT2D eigenvalue weighted by Crippen LogP contribution is 2.40. The first kappa shape index (κ1) is 9.73. The molecule has 3 nitrogen and oxygen atoms in total. The predicted molar refractivity (Wildman–Crippen MR) is 57.5 cm³/mol. The first-order valence-corrected chi connectivity index (χ1v) is 5.51. The maximum atomic E-state index is 11.8. The number of fused-ring (bicyclic) bond motifs is 3. The number of Topliss-reactive ketones (excluding diaryl/α,β-unsaturated/α-hetero) is 2. The van der Waals surface area contributed by atoms with Crippen LogP contribution in [0.4, 0.5) is 0 Å². The molecule has 3 heteroatoms. The standard InChI is InChI=1S/C13H12O3/c1-7-6-10-8-4-2-3-5-9(8)11(14)12(15)13(10)16-7/h2-5,7,10,13H,6H2,1H3. The molecule has 1 saturated heterocycles. The number of hydrogen-bond acceptors (Lipinski definition) is 3. The minimum absolute atomic E-state index is 0.0536. The summed E-state index contributed by atoms with van der Waals surface area (Å²) in [5.41, 5.74) is 1.54. The Hall–Kier alpha value is -1.48. The highest BCUT2D eigenvalue weighted by Gasteiger charge is 2.46. The van der Waals surface area contributed by atoms with Gasteiger partial charge in [0.05, 0.1) is 6.10 Å². The van der Waals surface area contributed by atoms with Gasteiger partial charge in [-0.25, -0.2) is 0 Å². The zero-order valence-electron chi connectivity index (χ0n) is 8.97. The van der Waals surface area contributed by atoms with E-state index in [1.807, 2.05) is 19.1 Å². The van der Waals surface area contributed by atoms with E-state index in [-0.39, 0.29) is 17.8 Å². The van der Waals surface area contributed by atoms with Gasteiger partial charge in [0, 0.05) is 11.5 Å². The van der Waals surface area contributed by atoms with Gasteiger partial charge in [0.25, 0.3) is 0 Å². The number of benzene rings is 1. The van der Waals surface area contributed by atoms with Crippen LogP contribution in [0.5, 0.6) is 0 Å². The molecule has 2 aliphatic rings. The van der Waals surface area contributed by atoms with Gasteiger partial charge in [-0.2, -0.15) is 0 Å². The highest BCUT2D eigenvalue weighted by molar-refractivity contribution is 6.46. The SMILES string of the molecule is CC1CC2c3ccccc3C(=O)C(=O)C2O1. The van der Waals surface area contributed by atoms with Crippen LogP contribution >= 0.6 is 0 Å². The van der Waals surface area contributed by atoms with E-state index < -0.39 is 11.9 Å². The van der Waals surface area contributed by atoms with Crippen molar-refractivity contribution in [3.05, 3.63) is 35.4 Å². The van der Waals surface area contributed by atoms with Crippen LogP contribution < -0.4 is 0 Å². The number of carbonyl (C=O) groups excluding carboxylic acids is 2. The smallest absolute Gasteiger partial charge is 0.232 e. The van der Waals surface area contributed by atoms with Crippen LogP contribution in [0.1, 0.15) is 35.2 Å². The molecule has 3 rings (SSSR count). The zero-order valence-corrected chi connectivity index (χ0v) is 8.97. The van der Waals surface area contributed by atoms with Crippen molar-refractivity contribution < 1.29 is 14.3 Å². The van der Waals surface area contributed by atoms with Crippen LogP contribution in [0.2, 0.25) is 0 Å². The van der Waals surface area contributed by atoms with Gasteiger partial charge in [-0.1, -0.05) is 24.3 Å². The first-order chi connectivity index (χ1) is 7.68. The summed E-state index contributed by atoms with van der Waals surface area (Å²) < 4.78 is 5.53. The fraction of sp³-hybridized carbons (Fsp3) is 0.385. The Morgan fingerprint density at radius 1 is 1.25 bits per heavy atom. The van der Waals surface area contributed by atoms with Gasteiger partial charge in [0.15, 0.2) is 0 Å². The molecule has 3 atom stereocenters. The molecule has 0 N–H and O–H groups in total. The maximum Gasteiger partial charge on any atom is 0.232 e. The number of hydrogen-bond donors (Lipinski definition) is 0. The Bertz CT molecular complexity index is 478. The molecule has 1 fully saturated rings. The van der Waals surface area contributed by atoms with Gasteiger partial charge in [0.1, 0.15) is 6.10 Å².